The van der Waals surface area contributed by atoms with Crippen molar-refractivity contribution >= 4 is 18.2 Å². The van der Waals surface area contributed by atoms with Crippen molar-refractivity contribution in [1.29, 1.82) is 0 Å². The van der Waals surface area contributed by atoms with E-state index in [1.165, 1.54) is 14.2 Å². The highest BCUT2D eigenvalue weighted by Crippen LogP contribution is 2.43. The van der Waals surface area contributed by atoms with E-state index in [4.69, 9.17) is 19.3 Å². The maximum absolute atomic E-state index is 12.5. The van der Waals surface area contributed by atoms with Gasteiger partial charge in [0.2, 0.25) is 0 Å². The van der Waals surface area contributed by atoms with E-state index in [1.807, 2.05) is 55.3 Å². The first-order valence-corrected chi connectivity index (χ1v) is 12.0. The molecule has 0 saturated carbocycles. The lowest BCUT2D eigenvalue weighted by Gasteiger charge is -2.42. The van der Waals surface area contributed by atoms with Crippen molar-refractivity contribution in [1.82, 2.24) is 5.01 Å². The van der Waals surface area contributed by atoms with E-state index in [1.54, 1.807) is 13.3 Å². The molecule has 0 N–H and O–H groups in total. The molecule has 0 amide bonds. The molecular weight excluding hydrogens is 444 g/mol. The predicted molar refractivity (Wildman–Crippen MR) is 135 cm³/mol. The molecule has 1 aliphatic rings. The number of hydrogen-bond acceptors (Lipinski definition) is 7. The Kier molecular flexibility index (Phi) is 9.04. The van der Waals surface area contributed by atoms with Gasteiger partial charge in [-0.05, 0) is 29.9 Å². The summed E-state index contributed by atoms with van der Waals surface area (Å²) in [7, 11) is 4.29. The highest BCUT2D eigenvalue weighted by Gasteiger charge is 2.47. The number of hydrazone groups is 1. The van der Waals surface area contributed by atoms with E-state index in [2.05, 4.69) is 24.3 Å². The molecule has 188 valence electrons. The van der Waals surface area contributed by atoms with Gasteiger partial charge in [-0.3, -0.25) is 14.6 Å². The topological polar surface area (TPSA) is 77.4 Å². The Labute approximate surface area is 208 Å². The quantitative estimate of drug-likeness (QED) is 0.287. The number of rotatable bonds is 10. The molecule has 7 nitrogen and oxygen atoms in total. The van der Waals surface area contributed by atoms with Crippen LogP contribution < -0.4 is 0 Å². The zero-order chi connectivity index (χ0) is 25.4. The normalized spacial score (nSPS) is 17.2. The molecule has 1 aliphatic heterocycles. The smallest absolute Gasteiger partial charge is 0.320 e. The third-order valence-electron chi connectivity index (χ3n) is 6.87. The number of ether oxygens (including phenoxy) is 3. The molecular formula is C28H36N2O5. The maximum atomic E-state index is 12.5. The van der Waals surface area contributed by atoms with Gasteiger partial charge in [0, 0.05) is 25.8 Å². The number of carbonyl (C=O) groups excluding carboxylic acids is 2. The summed E-state index contributed by atoms with van der Waals surface area (Å²) < 4.78 is 16.2. The van der Waals surface area contributed by atoms with Crippen LogP contribution in [0.15, 0.2) is 65.8 Å². The third kappa shape index (κ3) is 5.40. The van der Waals surface area contributed by atoms with Crippen LogP contribution >= 0.6 is 0 Å². The molecule has 1 heterocycles. The highest BCUT2D eigenvalue weighted by molar-refractivity contribution is 5.97. The van der Waals surface area contributed by atoms with Gasteiger partial charge in [-0.2, -0.15) is 5.10 Å². The molecule has 0 spiro atoms. The minimum absolute atomic E-state index is 0.0431. The van der Waals surface area contributed by atoms with Crippen LogP contribution in [0.1, 0.15) is 37.8 Å². The fourth-order valence-corrected chi connectivity index (χ4v) is 5.07. The first-order valence-electron chi connectivity index (χ1n) is 12.0. The van der Waals surface area contributed by atoms with Crippen molar-refractivity contribution in [3.8, 4) is 0 Å². The Hall–Kier alpha value is -3.19. The van der Waals surface area contributed by atoms with Crippen LogP contribution in [-0.2, 0) is 29.4 Å². The number of esters is 2. The number of hydrogen-bond donors (Lipinski definition) is 0. The fraction of sp³-hybridized carbons (Fsp3) is 0.464. The van der Waals surface area contributed by atoms with Gasteiger partial charge < -0.3 is 14.2 Å². The summed E-state index contributed by atoms with van der Waals surface area (Å²) in [6.07, 6.45) is 3.52. The number of benzene rings is 2. The van der Waals surface area contributed by atoms with Gasteiger partial charge in [-0.1, -0.05) is 74.5 Å². The molecule has 1 saturated heterocycles. The van der Waals surface area contributed by atoms with Crippen LogP contribution in [0.4, 0.5) is 0 Å². The largest absolute Gasteiger partial charge is 0.468 e. The molecule has 0 aromatic heterocycles. The third-order valence-corrected chi connectivity index (χ3v) is 6.87. The Morgan fingerprint density at radius 3 is 1.89 bits per heavy atom. The second kappa shape index (κ2) is 12.0. The van der Waals surface area contributed by atoms with Gasteiger partial charge in [0.1, 0.15) is 5.60 Å². The number of nitrogens with zero attached hydrogens (tertiary/aromatic N) is 2. The average molecular weight is 481 g/mol. The van der Waals surface area contributed by atoms with Crippen LogP contribution in [0.5, 0.6) is 0 Å². The van der Waals surface area contributed by atoms with Crippen molar-refractivity contribution in [2.45, 2.75) is 38.3 Å². The lowest BCUT2D eigenvalue weighted by atomic mass is 9.79. The second-order valence-electron chi connectivity index (χ2n) is 9.10. The second-order valence-corrected chi connectivity index (χ2v) is 9.10. The zero-order valence-electron chi connectivity index (χ0n) is 21.2. The minimum Gasteiger partial charge on any atom is -0.468 e. The first kappa shape index (κ1) is 26.4. The van der Waals surface area contributed by atoms with Gasteiger partial charge in [0.15, 0.2) is 5.92 Å². The zero-order valence-corrected chi connectivity index (χ0v) is 21.2. The Bertz CT molecular complexity index is 937. The monoisotopic (exact) mass is 480 g/mol. The lowest BCUT2D eigenvalue weighted by molar-refractivity contribution is -0.161. The summed E-state index contributed by atoms with van der Waals surface area (Å²) in [5, 5.41) is 6.89. The van der Waals surface area contributed by atoms with Crippen LogP contribution in [0, 0.1) is 17.8 Å². The molecule has 2 aromatic carbocycles. The van der Waals surface area contributed by atoms with Crippen molar-refractivity contribution in [2.24, 2.45) is 22.9 Å². The SMILES string of the molecule is COC(=O)C(C(=O)OC)[C@@H](/C=N/N1CCC[C@H]1C(OC)(c1ccccc1)c1ccccc1)C(C)C. The summed E-state index contributed by atoms with van der Waals surface area (Å²) in [6, 6.07) is 20.3. The summed E-state index contributed by atoms with van der Waals surface area (Å²) >= 11 is 0. The predicted octanol–water partition coefficient (Wildman–Crippen LogP) is 4.26. The Balaban J connectivity index is 2.03. The summed E-state index contributed by atoms with van der Waals surface area (Å²) in [5.74, 6) is -2.86. The van der Waals surface area contributed by atoms with Crippen molar-refractivity contribution < 1.29 is 23.8 Å². The van der Waals surface area contributed by atoms with Gasteiger partial charge in [-0.25, -0.2) is 0 Å². The number of carbonyl (C=O) groups is 2. The van der Waals surface area contributed by atoms with Gasteiger partial charge in [-0.15, -0.1) is 0 Å². The molecule has 7 heteroatoms. The molecule has 35 heavy (non-hydrogen) atoms. The van der Waals surface area contributed by atoms with E-state index in [9.17, 15) is 9.59 Å². The van der Waals surface area contributed by atoms with E-state index < -0.39 is 29.4 Å². The van der Waals surface area contributed by atoms with Crippen LogP contribution in [0.2, 0.25) is 0 Å². The first-order chi connectivity index (χ1) is 16.9. The van der Waals surface area contributed by atoms with Gasteiger partial charge in [0.05, 0.1) is 20.3 Å². The molecule has 0 bridgehead atoms. The molecule has 0 aliphatic carbocycles. The minimum atomic E-state index is -1.08. The van der Waals surface area contributed by atoms with Crippen molar-refractivity contribution in [3.63, 3.8) is 0 Å². The number of methoxy groups -OCH3 is 3. The highest BCUT2D eigenvalue weighted by atomic mass is 16.5. The van der Waals surface area contributed by atoms with E-state index in [-0.39, 0.29) is 12.0 Å². The summed E-state index contributed by atoms with van der Waals surface area (Å²) in [6.45, 7) is 4.63. The van der Waals surface area contributed by atoms with Crippen LogP contribution in [0.3, 0.4) is 0 Å². The Morgan fingerprint density at radius 1 is 0.943 bits per heavy atom. The maximum Gasteiger partial charge on any atom is 0.320 e. The summed E-state index contributed by atoms with van der Waals surface area (Å²) in [4.78, 5) is 25.0. The lowest BCUT2D eigenvalue weighted by Crippen LogP contribution is -2.48. The summed E-state index contributed by atoms with van der Waals surface area (Å²) in [5.41, 5.74) is 1.35. The fourth-order valence-electron chi connectivity index (χ4n) is 5.07. The molecule has 1 fully saturated rings. The van der Waals surface area contributed by atoms with Gasteiger partial charge >= 0.3 is 11.9 Å². The van der Waals surface area contributed by atoms with Crippen molar-refractivity contribution in [2.75, 3.05) is 27.9 Å². The average Bonchev–Trinajstić information content (AvgIpc) is 3.36. The van der Waals surface area contributed by atoms with Crippen LogP contribution in [-0.4, -0.2) is 57.1 Å². The molecule has 0 radical (unpaired) electrons. The van der Waals surface area contributed by atoms with E-state index >= 15 is 0 Å². The van der Waals surface area contributed by atoms with Crippen LogP contribution in [0.25, 0.3) is 0 Å². The van der Waals surface area contributed by atoms with Gasteiger partial charge in [0.25, 0.3) is 0 Å². The standard InChI is InChI=1S/C28H36N2O5/c1-20(2)23(25(26(31)33-3)27(32)34-4)19-29-30-18-12-17-24(30)28(35-5,21-13-8-6-9-14-21)22-15-10-7-11-16-22/h6-11,13-16,19-20,23-25H,12,17-18H2,1-5H3/b29-19+/t23-,24-/m0/s1. The van der Waals surface area contributed by atoms with E-state index in [0.717, 1.165) is 30.5 Å². The molecule has 0 unspecified atom stereocenters. The molecule has 2 aromatic rings. The Morgan fingerprint density at radius 2 is 1.46 bits per heavy atom. The molecule has 2 atom stereocenters. The molecule has 3 rings (SSSR count). The van der Waals surface area contributed by atoms with Crippen molar-refractivity contribution in [3.05, 3.63) is 71.8 Å². The van der Waals surface area contributed by atoms with E-state index in [0.29, 0.717) is 0 Å².